The molecular formula is C27H28N2O2. The van der Waals surface area contributed by atoms with Crippen molar-refractivity contribution in [1.82, 2.24) is 9.88 Å². The predicted molar refractivity (Wildman–Crippen MR) is 126 cm³/mol. The molecule has 1 amide bonds. The second-order valence-electron chi connectivity index (χ2n) is 7.62. The first-order valence-corrected chi connectivity index (χ1v) is 10.8. The Labute approximate surface area is 183 Å². The molecule has 0 saturated heterocycles. The van der Waals surface area contributed by atoms with Crippen LogP contribution < -0.4 is 4.74 Å². The molecule has 3 aromatic carbocycles. The van der Waals surface area contributed by atoms with Crippen LogP contribution in [0.1, 0.15) is 46.9 Å². The molecule has 0 aliphatic heterocycles. The van der Waals surface area contributed by atoms with Gasteiger partial charge in [0.15, 0.2) is 0 Å². The zero-order valence-corrected chi connectivity index (χ0v) is 18.3. The summed E-state index contributed by atoms with van der Waals surface area (Å²) < 4.78 is 5.76. The Bertz CT molecular complexity index is 1180. The van der Waals surface area contributed by atoms with Gasteiger partial charge in [-0.3, -0.25) is 4.79 Å². The molecule has 4 heteroatoms. The molecule has 4 nitrogen and oxygen atoms in total. The number of amides is 1. The van der Waals surface area contributed by atoms with Gasteiger partial charge in [-0.1, -0.05) is 60.2 Å². The number of rotatable bonds is 7. The standard InChI is InChI=1S/C27H28N2O2/c1-4-29(27(30)22-11-7-9-13-25(22)31-5-2)26(20-16-14-19(3)15-17-20)23-18-28-24-12-8-6-10-21(23)24/h6-18,26,28H,4-5H2,1-3H3/t26-/m1/s1. The fourth-order valence-electron chi connectivity index (χ4n) is 4.12. The van der Waals surface area contributed by atoms with Crippen LogP contribution in [-0.4, -0.2) is 28.9 Å². The van der Waals surface area contributed by atoms with Gasteiger partial charge in [-0.05, 0) is 44.5 Å². The fraction of sp³-hybridized carbons (Fsp3) is 0.222. The molecular weight excluding hydrogens is 384 g/mol. The first-order valence-electron chi connectivity index (χ1n) is 10.8. The van der Waals surface area contributed by atoms with E-state index in [0.717, 1.165) is 22.0 Å². The molecule has 0 unspecified atom stereocenters. The van der Waals surface area contributed by atoms with Crippen molar-refractivity contribution in [2.45, 2.75) is 26.8 Å². The second kappa shape index (κ2) is 9.09. The minimum absolute atomic E-state index is 0.0394. The lowest BCUT2D eigenvalue weighted by Crippen LogP contribution is -2.35. The van der Waals surface area contributed by atoms with Gasteiger partial charge in [0.1, 0.15) is 5.75 Å². The second-order valence-corrected chi connectivity index (χ2v) is 7.62. The molecule has 0 radical (unpaired) electrons. The van der Waals surface area contributed by atoms with Crippen LogP contribution in [0.25, 0.3) is 10.9 Å². The first kappa shape index (κ1) is 20.7. The van der Waals surface area contributed by atoms with Crippen molar-refractivity contribution in [3.05, 3.63) is 101 Å². The highest BCUT2D eigenvalue weighted by atomic mass is 16.5. The average Bonchev–Trinajstić information content (AvgIpc) is 3.22. The first-order chi connectivity index (χ1) is 15.1. The molecule has 0 aliphatic carbocycles. The summed E-state index contributed by atoms with van der Waals surface area (Å²) in [5, 5.41) is 1.12. The summed E-state index contributed by atoms with van der Waals surface area (Å²) in [5.41, 5.74) is 5.01. The van der Waals surface area contributed by atoms with Crippen LogP contribution in [0.2, 0.25) is 0 Å². The summed E-state index contributed by atoms with van der Waals surface area (Å²) in [4.78, 5) is 19.1. The van der Waals surface area contributed by atoms with Crippen molar-refractivity contribution in [2.75, 3.05) is 13.2 Å². The Morgan fingerprint density at radius 3 is 2.42 bits per heavy atom. The van der Waals surface area contributed by atoms with Gasteiger partial charge in [0.25, 0.3) is 5.91 Å². The SMILES string of the molecule is CCOc1ccccc1C(=O)N(CC)[C@H](c1ccc(C)cc1)c1c[nH]c2ccccc12. The van der Waals surface area contributed by atoms with Crippen molar-refractivity contribution in [2.24, 2.45) is 0 Å². The summed E-state index contributed by atoms with van der Waals surface area (Å²) in [5.74, 6) is 0.581. The van der Waals surface area contributed by atoms with E-state index in [4.69, 9.17) is 4.74 Å². The van der Waals surface area contributed by atoms with Gasteiger partial charge in [0.05, 0.1) is 18.2 Å². The number of carbonyl (C=O) groups excluding carboxylic acids is 1. The number of para-hydroxylation sites is 2. The van der Waals surface area contributed by atoms with Gasteiger partial charge in [0, 0.05) is 29.2 Å². The number of ether oxygens (including phenoxy) is 1. The number of aryl methyl sites for hydroxylation is 1. The lowest BCUT2D eigenvalue weighted by atomic mass is 9.95. The molecule has 0 bridgehead atoms. The van der Waals surface area contributed by atoms with E-state index in [2.05, 4.69) is 48.3 Å². The maximum Gasteiger partial charge on any atom is 0.258 e. The van der Waals surface area contributed by atoms with E-state index in [1.165, 1.54) is 5.56 Å². The molecule has 4 rings (SSSR count). The minimum Gasteiger partial charge on any atom is -0.493 e. The van der Waals surface area contributed by atoms with Gasteiger partial charge < -0.3 is 14.6 Å². The van der Waals surface area contributed by atoms with Crippen LogP contribution in [0.5, 0.6) is 5.75 Å². The van der Waals surface area contributed by atoms with Crippen LogP contribution in [-0.2, 0) is 0 Å². The van der Waals surface area contributed by atoms with E-state index in [9.17, 15) is 4.79 Å². The summed E-state index contributed by atoms with van der Waals surface area (Å²) in [6.45, 7) is 7.11. The smallest absolute Gasteiger partial charge is 0.258 e. The molecule has 1 N–H and O–H groups in total. The third-order valence-electron chi connectivity index (χ3n) is 5.64. The maximum atomic E-state index is 13.8. The van der Waals surface area contributed by atoms with E-state index >= 15 is 0 Å². The monoisotopic (exact) mass is 412 g/mol. The van der Waals surface area contributed by atoms with Gasteiger partial charge >= 0.3 is 0 Å². The number of hydrogen-bond donors (Lipinski definition) is 1. The predicted octanol–water partition coefficient (Wildman–Crippen LogP) is 6.13. The van der Waals surface area contributed by atoms with Crippen LogP contribution >= 0.6 is 0 Å². The van der Waals surface area contributed by atoms with Crippen molar-refractivity contribution in [1.29, 1.82) is 0 Å². The molecule has 158 valence electrons. The summed E-state index contributed by atoms with van der Waals surface area (Å²) >= 11 is 0. The van der Waals surface area contributed by atoms with Gasteiger partial charge in [-0.15, -0.1) is 0 Å². The molecule has 4 aromatic rings. The molecule has 0 fully saturated rings. The van der Waals surface area contributed by atoms with E-state index in [1.807, 2.05) is 61.3 Å². The number of aromatic nitrogens is 1. The van der Waals surface area contributed by atoms with E-state index in [-0.39, 0.29) is 11.9 Å². The van der Waals surface area contributed by atoms with Crippen LogP contribution in [0.4, 0.5) is 0 Å². The zero-order valence-electron chi connectivity index (χ0n) is 18.3. The fourth-order valence-corrected chi connectivity index (χ4v) is 4.12. The third kappa shape index (κ3) is 4.06. The minimum atomic E-state index is -0.219. The van der Waals surface area contributed by atoms with Gasteiger partial charge in [-0.2, -0.15) is 0 Å². The Balaban J connectivity index is 1.86. The van der Waals surface area contributed by atoms with E-state index < -0.39 is 0 Å². The van der Waals surface area contributed by atoms with Crippen molar-refractivity contribution in [3.63, 3.8) is 0 Å². The molecule has 1 heterocycles. The summed E-state index contributed by atoms with van der Waals surface area (Å²) in [6.07, 6.45) is 2.03. The molecule has 0 saturated carbocycles. The van der Waals surface area contributed by atoms with Crippen molar-refractivity contribution >= 4 is 16.8 Å². The number of hydrogen-bond acceptors (Lipinski definition) is 2. The van der Waals surface area contributed by atoms with Crippen LogP contribution in [0.15, 0.2) is 79.0 Å². The number of benzene rings is 3. The highest BCUT2D eigenvalue weighted by Gasteiger charge is 2.29. The molecule has 1 aromatic heterocycles. The van der Waals surface area contributed by atoms with Gasteiger partial charge in [0.2, 0.25) is 0 Å². The van der Waals surface area contributed by atoms with Crippen molar-refractivity contribution < 1.29 is 9.53 Å². The number of nitrogens with zero attached hydrogens (tertiary/aromatic N) is 1. The largest absolute Gasteiger partial charge is 0.493 e. The van der Waals surface area contributed by atoms with Crippen LogP contribution in [0, 0.1) is 6.92 Å². The number of fused-ring (bicyclic) bond motifs is 1. The Kier molecular flexibility index (Phi) is 6.08. The highest BCUT2D eigenvalue weighted by molar-refractivity contribution is 5.98. The van der Waals surface area contributed by atoms with Crippen LogP contribution in [0.3, 0.4) is 0 Å². The highest BCUT2D eigenvalue weighted by Crippen LogP contribution is 2.35. The topological polar surface area (TPSA) is 45.3 Å². The summed E-state index contributed by atoms with van der Waals surface area (Å²) in [6, 6.07) is 23.9. The average molecular weight is 413 g/mol. The molecule has 0 spiro atoms. The number of aromatic amines is 1. The Morgan fingerprint density at radius 1 is 0.968 bits per heavy atom. The zero-order chi connectivity index (χ0) is 21.8. The van der Waals surface area contributed by atoms with E-state index in [1.54, 1.807) is 0 Å². The number of H-pyrrole nitrogens is 1. The lowest BCUT2D eigenvalue weighted by molar-refractivity contribution is 0.0714. The van der Waals surface area contributed by atoms with Crippen molar-refractivity contribution in [3.8, 4) is 5.75 Å². The number of carbonyl (C=O) groups is 1. The Hall–Kier alpha value is -3.53. The third-order valence-corrected chi connectivity index (χ3v) is 5.64. The summed E-state index contributed by atoms with van der Waals surface area (Å²) in [7, 11) is 0. The molecule has 1 atom stereocenters. The lowest BCUT2D eigenvalue weighted by Gasteiger charge is -2.32. The normalized spacial score (nSPS) is 12.0. The van der Waals surface area contributed by atoms with E-state index in [0.29, 0.717) is 24.5 Å². The molecule has 31 heavy (non-hydrogen) atoms. The quantitative estimate of drug-likeness (QED) is 0.397. The number of nitrogens with one attached hydrogen (secondary N) is 1. The van der Waals surface area contributed by atoms with Gasteiger partial charge in [-0.25, -0.2) is 0 Å². The molecule has 0 aliphatic rings. The Morgan fingerprint density at radius 2 is 1.68 bits per heavy atom. The maximum absolute atomic E-state index is 13.8.